The molecule has 0 aromatic carbocycles. The van der Waals surface area contributed by atoms with Gasteiger partial charge >= 0.3 is 0 Å². The van der Waals surface area contributed by atoms with Crippen LogP contribution in [0.1, 0.15) is 6.42 Å². The Balaban J connectivity index is 2.04. The van der Waals surface area contributed by atoms with E-state index in [-0.39, 0.29) is 0 Å². The molecule has 0 N–H and O–H groups in total. The van der Waals surface area contributed by atoms with Crippen LogP contribution < -0.4 is 4.90 Å². The fourth-order valence-electron chi connectivity index (χ4n) is 1.63. The van der Waals surface area contributed by atoms with E-state index in [0.29, 0.717) is 5.15 Å². The third-order valence-electron chi connectivity index (χ3n) is 2.45. The van der Waals surface area contributed by atoms with Crippen LogP contribution in [0.2, 0.25) is 5.15 Å². The standard InChI is InChI=1S/C9H14ClN3S/c1-12-3-2-4-13(6-5-12)9-11-8(10)7-14-9/h7H,2-6H2,1H3. The molecule has 1 aliphatic rings. The molecule has 1 saturated heterocycles. The lowest BCUT2D eigenvalue weighted by Crippen LogP contribution is -2.28. The summed E-state index contributed by atoms with van der Waals surface area (Å²) in [5.74, 6) is 0. The molecule has 0 amide bonds. The average molecular weight is 232 g/mol. The van der Waals surface area contributed by atoms with Crippen molar-refractivity contribution in [1.29, 1.82) is 0 Å². The Morgan fingerprint density at radius 3 is 2.93 bits per heavy atom. The predicted octanol–water partition coefficient (Wildman–Crippen LogP) is 1.94. The van der Waals surface area contributed by atoms with Crippen molar-refractivity contribution < 1.29 is 0 Å². The summed E-state index contributed by atoms with van der Waals surface area (Å²) in [5, 5.41) is 3.57. The van der Waals surface area contributed by atoms with Crippen LogP contribution in [-0.2, 0) is 0 Å². The van der Waals surface area contributed by atoms with Crippen molar-refractivity contribution in [2.75, 3.05) is 38.1 Å². The Hall–Kier alpha value is -0.320. The smallest absolute Gasteiger partial charge is 0.186 e. The number of hydrogen-bond acceptors (Lipinski definition) is 4. The van der Waals surface area contributed by atoms with E-state index in [1.165, 1.54) is 13.0 Å². The first-order chi connectivity index (χ1) is 6.75. The van der Waals surface area contributed by atoms with Gasteiger partial charge in [-0.2, -0.15) is 0 Å². The van der Waals surface area contributed by atoms with Crippen LogP contribution in [-0.4, -0.2) is 43.1 Å². The zero-order valence-electron chi connectivity index (χ0n) is 8.24. The molecule has 0 unspecified atom stereocenters. The topological polar surface area (TPSA) is 19.4 Å². The molecule has 2 heterocycles. The SMILES string of the molecule is CN1CCCN(c2nc(Cl)cs2)CC1. The summed E-state index contributed by atoms with van der Waals surface area (Å²) in [6.07, 6.45) is 1.20. The fourth-order valence-corrected chi connectivity index (χ4v) is 2.63. The van der Waals surface area contributed by atoms with E-state index in [2.05, 4.69) is 21.8 Å². The predicted molar refractivity (Wildman–Crippen MR) is 61.5 cm³/mol. The maximum Gasteiger partial charge on any atom is 0.186 e. The van der Waals surface area contributed by atoms with E-state index >= 15 is 0 Å². The van der Waals surface area contributed by atoms with Gasteiger partial charge in [-0.1, -0.05) is 11.6 Å². The van der Waals surface area contributed by atoms with Gasteiger partial charge in [0.1, 0.15) is 5.15 Å². The average Bonchev–Trinajstić information content (AvgIpc) is 2.46. The molecule has 0 atom stereocenters. The number of halogens is 1. The Morgan fingerprint density at radius 2 is 2.21 bits per heavy atom. The molecule has 0 bridgehead atoms. The second-order valence-electron chi connectivity index (χ2n) is 3.60. The second-order valence-corrected chi connectivity index (χ2v) is 4.82. The number of hydrogen-bond donors (Lipinski definition) is 0. The molecule has 1 aromatic rings. The summed E-state index contributed by atoms with van der Waals surface area (Å²) in [7, 11) is 2.17. The van der Waals surface area contributed by atoms with Crippen molar-refractivity contribution in [2.24, 2.45) is 0 Å². The van der Waals surface area contributed by atoms with Crippen molar-refractivity contribution in [3.8, 4) is 0 Å². The van der Waals surface area contributed by atoms with E-state index in [0.717, 1.165) is 24.8 Å². The number of likely N-dealkylation sites (N-methyl/N-ethyl adjacent to an activating group) is 1. The molecule has 5 heteroatoms. The van der Waals surface area contributed by atoms with Crippen molar-refractivity contribution in [3.05, 3.63) is 10.5 Å². The minimum atomic E-state index is 0.614. The number of rotatable bonds is 1. The Morgan fingerprint density at radius 1 is 1.36 bits per heavy atom. The molecule has 2 rings (SSSR count). The van der Waals surface area contributed by atoms with Gasteiger partial charge in [0.2, 0.25) is 0 Å². The van der Waals surface area contributed by atoms with Crippen LogP contribution in [0.25, 0.3) is 0 Å². The highest BCUT2D eigenvalue weighted by Gasteiger charge is 2.14. The van der Waals surface area contributed by atoms with Crippen molar-refractivity contribution in [3.63, 3.8) is 0 Å². The van der Waals surface area contributed by atoms with Crippen LogP contribution in [0.4, 0.5) is 5.13 Å². The zero-order chi connectivity index (χ0) is 9.97. The van der Waals surface area contributed by atoms with Crippen LogP contribution >= 0.6 is 22.9 Å². The molecular formula is C9H14ClN3S. The third kappa shape index (κ3) is 2.38. The number of aromatic nitrogens is 1. The minimum absolute atomic E-state index is 0.614. The molecule has 1 aromatic heterocycles. The highest BCUT2D eigenvalue weighted by molar-refractivity contribution is 7.14. The molecule has 0 saturated carbocycles. The lowest BCUT2D eigenvalue weighted by Gasteiger charge is -2.18. The zero-order valence-corrected chi connectivity index (χ0v) is 9.81. The van der Waals surface area contributed by atoms with Gasteiger partial charge < -0.3 is 9.80 Å². The molecule has 3 nitrogen and oxygen atoms in total. The van der Waals surface area contributed by atoms with E-state index in [1.807, 2.05) is 5.38 Å². The maximum absolute atomic E-state index is 5.81. The first-order valence-electron chi connectivity index (χ1n) is 4.80. The van der Waals surface area contributed by atoms with Gasteiger partial charge in [0, 0.05) is 25.0 Å². The molecule has 14 heavy (non-hydrogen) atoms. The van der Waals surface area contributed by atoms with Gasteiger partial charge in [0.15, 0.2) is 5.13 Å². The summed E-state index contributed by atoms with van der Waals surface area (Å²) in [6.45, 7) is 4.43. The monoisotopic (exact) mass is 231 g/mol. The first-order valence-corrected chi connectivity index (χ1v) is 6.06. The molecule has 1 aliphatic heterocycles. The van der Waals surface area contributed by atoms with Crippen molar-refractivity contribution in [2.45, 2.75) is 6.42 Å². The minimum Gasteiger partial charge on any atom is -0.347 e. The molecule has 0 aliphatic carbocycles. The number of nitrogens with zero attached hydrogens (tertiary/aromatic N) is 3. The van der Waals surface area contributed by atoms with Crippen LogP contribution in [0.3, 0.4) is 0 Å². The summed E-state index contributed by atoms with van der Waals surface area (Å²) < 4.78 is 0. The maximum atomic E-state index is 5.81. The van der Waals surface area contributed by atoms with Crippen LogP contribution in [0.5, 0.6) is 0 Å². The fraction of sp³-hybridized carbons (Fsp3) is 0.667. The lowest BCUT2D eigenvalue weighted by molar-refractivity contribution is 0.360. The molecule has 0 spiro atoms. The van der Waals surface area contributed by atoms with Crippen LogP contribution in [0.15, 0.2) is 5.38 Å². The first kappa shape index (κ1) is 10.2. The quantitative estimate of drug-likeness (QED) is 0.737. The molecule has 78 valence electrons. The van der Waals surface area contributed by atoms with E-state index in [1.54, 1.807) is 11.3 Å². The number of anilines is 1. The summed E-state index contributed by atoms with van der Waals surface area (Å²) in [5.41, 5.74) is 0. The lowest BCUT2D eigenvalue weighted by atomic mass is 10.4. The van der Waals surface area contributed by atoms with E-state index in [4.69, 9.17) is 11.6 Å². The normalized spacial score (nSPS) is 19.7. The highest BCUT2D eigenvalue weighted by Crippen LogP contribution is 2.23. The molecular weight excluding hydrogens is 218 g/mol. The van der Waals surface area contributed by atoms with E-state index in [9.17, 15) is 0 Å². The second kappa shape index (κ2) is 4.47. The van der Waals surface area contributed by atoms with Crippen LogP contribution in [0, 0.1) is 0 Å². The van der Waals surface area contributed by atoms with Gasteiger partial charge in [0.05, 0.1) is 0 Å². The van der Waals surface area contributed by atoms with Gasteiger partial charge in [-0.25, -0.2) is 4.98 Å². The summed E-state index contributed by atoms with van der Waals surface area (Å²) >= 11 is 7.44. The highest BCUT2D eigenvalue weighted by atomic mass is 35.5. The Bertz CT molecular complexity index is 302. The Labute approximate surface area is 93.3 Å². The largest absolute Gasteiger partial charge is 0.347 e. The van der Waals surface area contributed by atoms with Gasteiger partial charge in [-0.3, -0.25) is 0 Å². The van der Waals surface area contributed by atoms with Crippen molar-refractivity contribution >= 4 is 28.1 Å². The molecule has 0 radical (unpaired) electrons. The Kier molecular flexibility index (Phi) is 3.26. The summed E-state index contributed by atoms with van der Waals surface area (Å²) in [4.78, 5) is 8.97. The van der Waals surface area contributed by atoms with Crippen molar-refractivity contribution in [1.82, 2.24) is 9.88 Å². The summed E-state index contributed by atoms with van der Waals surface area (Å²) in [6, 6.07) is 0. The van der Waals surface area contributed by atoms with Gasteiger partial charge in [-0.05, 0) is 20.0 Å². The van der Waals surface area contributed by atoms with Gasteiger partial charge in [-0.15, -0.1) is 11.3 Å². The third-order valence-corrected chi connectivity index (χ3v) is 3.68. The number of thiazole rings is 1. The van der Waals surface area contributed by atoms with E-state index < -0.39 is 0 Å². The molecule has 1 fully saturated rings. The van der Waals surface area contributed by atoms with Gasteiger partial charge in [0.25, 0.3) is 0 Å².